The van der Waals surface area contributed by atoms with Crippen molar-refractivity contribution >= 4 is 12.0 Å². The van der Waals surface area contributed by atoms with Crippen molar-refractivity contribution in [2.75, 3.05) is 60.0 Å². The van der Waals surface area contributed by atoms with Gasteiger partial charge in [-0.05, 0) is 64.9 Å². The fraction of sp³-hybridized carbons (Fsp3) is 0.667. The van der Waals surface area contributed by atoms with Gasteiger partial charge in [-0.2, -0.15) is 5.26 Å². The van der Waals surface area contributed by atoms with Crippen molar-refractivity contribution in [3.05, 3.63) is 28.6 Å². The molecule has 1 aromatic rings. The van der Waals surface area contributed by atoms with Crippen LogP contribution in [0.25, 0.3) is 6.08 Å². The standard InChI is InChI=1S/C24H37N5O2/c1-18-13-21(20(3)29(18)19(2)17-31-5)14-22(15-25)24(30)28-11-9-27(10-12-28)23-7-6-8-26(4)16-23/h13-14,19,23H,6-12,16-17H2,1-5H3/b22-14-. The fourth-order valence-electron chi connectivity index (χ4n) is 5.14. The molecule has 3 heterocycles. The van der Waals surface area contributed by atoms with E-state index in [1.165, 1.54) is 19.4 Å². The van der Waals surface area contributed by atoms with E-state index in [1.54, 1.807) is 13.2 Å². The molecule has 2 atom stereocenters. The summed E-state index contributed by atoms with van der Waals surface area (Å²) in [5.41, 5.74) is 3.29. The lowest BCUT2D eigenvalue weighted by Gasteiger charge is -2.42. The van der Waals surface area contributed by atoms with E-state index in [0.29, 0.717) is 25.7 Å². The van der Waals surface area contributed by atoms with E-state index in [0.717, 1.165) is 36.6 Å². The summed E-state index contributed by atoms with van der Waals surface area (Å²) in [5, 5.41) is 9.73. The topological polar surface area (TPSA) is 64.7 Å². The number of methoxy groups -OCH3 is 1. The largest absolute Gasteiger partial charge is 0.383 e. The van der Waals surface area contributed by atoms with Gasteiger partial charge in [0.2, 0.25) is 0 Å². The van der Waals surface area contributed by atoms with Gasteiger partial charge in [-0.1, -0.05) is 0 Å². The molecule has 2 saturated heterocycles. The molecule has 2 aliphatic heterocycles. The number of hydrogen-bond acceptors (Lipinski definition) is 5. The number of aromatic nitrogens is 1. The highest BCUT2D eigenvalue weighted by atomic mass is 16.5. The maximum absolute atomic E-state index is 13.1. The Morgan fingerprint density at radius 1 is 1.29 bits per heavy atom. The molecular weight excluding hydrogens is 390 g/mol. The molecule has 2 unspecified atom stereocenters. The summed E-state index contributed by atoms with van der Waals surface area (Å²) >= 11 is 0. The highest BCUT2D eigenvalue weighted by molar-refractivity contribution is 6.01. The number of amides is 1. The molecule has 0 radical (unpaired) electrons. The lowest BCUT2D eigenvalue weighted by molar-refractivity contribution is -0.128. The highest BCUT2D eigenvalue weighted by Gasteiger charge is 2.29. The van der Waals surface area contributed by atoms with Crippen LogP contribution in [-0.2, 0) is 9.53 Å². The van der Waals surface area contributed by atoms with Crippen LogP contribution < -0.4 is 0 Å². The predicted octanol–water partition coefficient (Wildman–Crippen LogP) is 2.46. The van der Waals surface area contributed by atoms with Gasteiger partial charge in [0.15, 0.2) is 0 Å². The molecule has 0 saturated carbocycles. The van der Waals surface area contributed by atoms with Crippen molar-refractivity contribution in [3.8, 4) is 6.07 Å². The van der Waals surface area contributed by atoms with Crippen LogP contribution in [0.3, 0.4) is 0 Å². The Morgan fingerprint density at radius 2 is 2.00 bits per heavy atom. The maximum atomic E-state index is 13.1. The number of nitrogens with zero attached hydrogens (tertiary/aromatic N) is 5. The van der Waals surface area contributed by atoms with Gasteiger partial charge in [0.05, 0.1) is 12.6 Å². The Hall–Kier alpha value is -2.14. The minimum Gasteiger partial charge on any atom is -0.383 e. The van der Waals surface area contributed by atoms with Crippen LogP contribution in [0.2, 0.25) is 0 Å². The molecule has 0 N–H and O–H groups in total. The third kappa shape index (κ3) is 5.38. The lowest BCUT2D eigenvalue weighted by Crippen LogP contribution is -2.55. The summed E-state index contributed by atoms with van der Waals surface area (Å²) in [6.45, 7) is 12.2. The van der Waals surface area contributed by atoms with Gasteiger partial charge >= 0.3 is 0 Å². The molecule has 3 rings (SSSR count). The van der Waals surface area contributed by atoms with Crippen molar-refractivity contribution in [3.63, 3.8) is 0 Å². The van der Waals surface area contributed by atoms with E-state index in [2.05, 4.69) is 34.4 Å². The number of piperazine rings is 1. The quantitative estimate of drug-likeness (QED) is 0.515. The molecule has 1 amide bonds. The maximum Gasteiger partial charge on any atom is 0.264 e. The van der Waals surface area contributed by atoms with Crippen molar-refractivity contribution in [1.29, 1.82) is 5.26 Å². The Kier molecular flexibility index (Phi) is 7.93. The number of ether oxygens (including phenoxy) is 1. The normalized spacial score (nSPS) is 22.4. The Labute approximate surface area is 186 Å². The van der Waals surface area contributed by atoms with Crippen LogP contribution in [0.1, 0.15) is 42.8 Å². The number of aryl methyl sites for hydroxylation is 1. The number of nitriles is 1. The molecule has 0 bridgehead atoms. The first kappa shape index (κ1) is 23.5. The molecule has 0 spiro atoms. The second kappa shape index (κ2) is 10.4. The average molecular weight is 428 g/mol. The van der Waals surface area contributed by atoms with E-state index in [1.807, 2.05) is 24.8 Å². The molecule has 7 heteroatoms. The summed E-state index contributed by atoms with van der Waals surface area (Å²) in [5.74, 6) is -0.155. The molecule has 31 heavy (non-hydrogen) atoms. The van der Waals surface area contributed by atoms with E-state index in [9.17, 15) is 10.1 Å². The van der Waals surface area contributed by atoms with E-state index < -0.39 is 0 Å². The number of piperidine rings is 1. The second-order valence-corrected chi connectivity index (χ2v) is 9.06. The van der Waals surface area contributed by atoms with E-state index in [4.69, 9.17) is 4.74 Å². The van der Waals surface area contributed by atoms with Crippen molar-refractivity contribution in [2.24, 2.45) is 0 Å². The van der Waals surface area contributed by atoms with Crippen molar-refractivity contribution < 1.29 is 9.53 Å². The fourth-order valence-corrected chi connectivity index (χ4v) is 5.14. The summed E-state index contributed by atoms with van der Waals surface area (Å²) < 4.78 is 7.50. The smallest absolute Gasteiger partial charge is 0.264 e. The molecule has 7 nitrogen and oxygen atoms in total. The number of hydrogen-bond donors (Lipinski definition) is 0. The van der Waals surface area contributed by atoms with Gasteiger partial charge in [0.25, 0.3) is 5.91 Å². The molecule has 1 aromatic heterocycles. The first-order chi connectivity index (χ1) is 14.8. The van der Waals surface area contributed by atoms with Crippen molar-refractivity contribution in [1.82, 2.24) is 19.3 Å². The van der Waals surface area contributed by atoms with Crippen LogP contribution in [0.5, 0.6) is 0 Å². The zero-order valence-corrected chi connectivity index (χ0v) is 19.7. The lowest BCUT2D eigenvalue weighted by atomic mass is 10.0. The minimum atomic E-state index is -0.155. The predicted molar refractivity (Wildman–Crippen MR) is 123 cm³/mol. The first-order valence-electron chi connectivity index (χ1n) is 11.4. The minimum absolute atomic E-state index is 0.155. The monoisotopic (exact) mass is 427 g/mol. The molecule has 0 aliphatic carbocycles. The van der Waals surface area contributed by atoms with Gasteiger partial charge < -0.3 is 19.1 Å². The molecule has 2 fully saturated rings. The summed E-state index contributed by atoms with van der Waals surface area (Å²) in [4.78, 5) is 19.8. The average Bonchev–Trinajstić information content (AvgIpc) is 3.04. The second-order valence-electron chi connectivity index (χ2n) is 9.06. The zero-order chi connectivity index (χ0) is 22.5. The number of likely N-dealkylation sites (tertiary alicyclic amines) is 1. The highest BCUT2D eigenvalue weighted by Crippen LogP contribution is 2.24. The summed E-state index contributed by atoms with van der Waals surface area (Å²) in [6.07, 6.45) is 4.23. The molecule has 170 valence electrons. The number of likely N-dealkylation sites (N-methyl/N-ethyl adjacent to an activating group) is 1. The number of carbonyl (C=O) groups is 1. The van der Waals surface area contributed by atoms with E-state index >= 15 is 0 Å². The van der Waals surface area contributed by atoms with Gasteiger partial charge in [0.1, 0.15) is 11.6 Å². The molecular formula is C24H37N5O2. The van der Waals surface area contributed by atoms with Gasteiger partial charge in [-0.3, -0.25) is 9.69 Å². The Bertz CT molecular complexity index is 845. The number of rotatable bonds is 6. The molecule has 2 aliphatic rings. The Morgan fingerprint density at radius 3 is 2.61 bits per heavy atom. The first-order valence-corrected chi connectivity index (χ1v) is 11.4. The van der Waals surface area contributed by atoms with Crippen LogP contribution in [0.4, 0.5) is 0 Å². The van der Waals surface area contributed by atoms with Crippen LogP contribution in [0, 0.1) is 25.2 Å². The van der Waals surface area contributed by atoms with E-state index in [-0.39, 0.29) is 17.5 Å². The Balaban J connectivity index is 1.68. The third-order valence-electron chi connectivity index (χ3n) is 6.74. The van der Waals surface area contributed by atoms with Gasteiger partial charge in [-0.25, -0.2) is 0 Å². The zero-order valence-electron chi connectivity index (χ0n) is 19.7. The van der Waals surface area contributed by atoms with Crippen LogP contribution in [0.15, 0.2) is 11.6 Å². The van der Waals surface area contributed by atoms with Crippen LogP contribution >= 0.6 is 0 Å². The van der Waals surface area contributed by atoms with Crippen molar-refractivity contribution in [2.45, 2.75) is 45.7 Å². The SMILES string of the molecule is COCC(C)n1c(C)cc(/C=C(/C#N)C(=O)N2CCN(C3CCCN(C)C3)CC2)c1C. The summed E-state index contributed by atoms with van der Waals surface area (Å²) in [6, 6.07) is 4.98. The molecule has 0 aromatic carbocycles. The summed E-state index contributed by atoms with van der Waals surface area (Å²) in [7, 11) is 3.88. The van der Waals surface area contributed by atoms with Gasteiger partial charge in [-0.15, -0.1) is 0 Å². The third-order valence-corrected chi connectivity index (χ3v) is 6.74. The van der Waals surface area contributed by atoms with Gasteiger partial charge in [0, 0.05) is 57.3 Å². The number of carbonyl (C=O) groups excluding carboxylic acids is 1. The van der Waals surface area contributed by atoms with Crippen LogP contribution in [-0.4, -0.2) is 91.2 Å².